The third-order valence-corrected chi connectivity index (χ3v) is 3.35. The predicted octanol–water partition coefficient (Wildman–Crippen LogP) is 3.12. The van der Waals surface area contributed by atoms with Gasteiger partial charge >= 0.3 is 0 Å². The zero-order chi connectivity index (χ0) is 11.4. The van der Waals surface area contributed by atoms with E-state index in [1.165, 1.54) is 0 Å². The topological polar surface area (TPSA) is 33.1 Å². The van der Waals surface area contributed by atoms with E-state index in [4.69, 9.17) is 11.6 Å². The standard InChI is InChI=1S/C12H12ClNOS/c13-11-3-1-2-9(4-11)10(6-15)5-12-7-16-8-14-12/h1-4,7-8,10,15H,5-6H2. The van der Waals surface area contributed by atoms with E-state index in [0.717, 1.165) is 17.7 Å². The molecule has 0 saturated heterocycles. The van der Waals surface area contributed by atoms with Gasteiger partial charge in [0.15, 0.2) is 0 Å². The van der Waals surface area contributed by atoms with E-state index in [2.05, 4.69) is 4.98 Å². The van der Waals surface area contributed by atoms with Crippen LogP contribution in [0.2, 0.25) is 5.02 Å². The Labute approximate surface area is 104 Å². The Balaban J connectivity index is 2.16. The SMILES string of the molecule is OCC(Cc1cscn1)c1cccc(Cl)c1. The predicted molar refractivity (Wildman–Crippen MR) is 67.1 cm³/mol. The van der Waals surface area contributed by atoms with Crippen LogP contribution in [-0.2, 0) is 6.42 Å². The lowest BCUT2D eigenvalue weighted by atomic mass is 9.95. The van der Waals surface area contributed by atoms with E-state index >= 15 is 0 Å². The molecule has 4 heteroatoms. The van der Waals surface area contributed by atoms with Crippen LogP contribution in [0.4, 0.5) is 0 Å². The molecule has 0 spiro atoms. The number of benzene rings is 1. The number of thiazole rings is 1. The highest BCUT2D eigenvalue weighted by molar-refractivity contribution is 7.07. The maximum Gasteiger partial charge on any atom is 0.0794 e. The van der Waals surface area contributed by atoms with E-state index in [-0.39, 0.29) is 12.5 Å². The van der Waals surface area contributed by atoms with E-state index in [1.54, 1.807) is 11.3 Å². The minimum absolute atomic E-state index is 0.0702. The van der Waals surface area contributed by atoms with Crippen molar-refractivity contribution in [2.75, 3.05) is 6.61 Å². The summed E-state index contributed by atoms with van der Waals surface area (Å²) in [4.78, 5) is 4.23. The second-order valence-electron chi connectivity index (χ2n) is 3.62. The molecule has 0 fully saturated rings. The van der Waals surface area contributed by atoms with Gasteiger partial charge < -0.3 is 5.11 Å². The Hall–Kier alpha value is -0.900. The van der Waals surface area contributed by atoms with E-state index in [9.17, 15) is 5.11 Å². The maximum atomic E-state index is 9.40. The van der Waals surface area contributed by atoms with Crippen LogP contribution >= 0.6 is 22.9 Å². The molecule has 0 saturated carbocycles. The zero-order valence-corrected chi connectivity index (χ0v) is 10.2. The van der Waals surface area contributed by atoms with Gasteiger partial charge in [0.2, 0.25) is 0 Å². The summed E-state index contributed by atoms with van der Waals surface area (Å²) in [6.07, 6.45) is 0.750. The van der Waals surface area contributed by atoms with Crippen molar-refractivity contribution in [3.63, 3.8) is 0 Å². The zero-order valence-electron chi connectivity index (χ0n) is 8.64. The smallest absolute Gasteiger partial charge is 0.0794 e. The molecule has 2 aromatic rings. The molecule has 1 heterocycles. The van der Waals surface area contributed by atoms with Crippen molar-refractivity contribution in [2.45, 2.75) is 12.3 Å². The number of hydrogen-bond acceptors (Lipinski definition) is 3. The van der Waals surface area contributed by atoms with Gasteiger partial charge in [-0.25, -0.2) is 4.98 Å². The van der Waals surface area contributed by atoms with Crippen molar-refractivity contribution in [2.24, 2.45) is 0 Å². The molecule has 0 aliphatic rings. The quantitative estimate of drug-likeness (QED) is 0.908. The summed E-state index contributed by atoms with van der Waals surface area (Å²) >= 11 is 7.50. The van der Waals surface area contributed by atoms with E-state index < -0.39 is 0 Å². The summed E-state index contributed by atoms with van der Waals surface area (Å²) in [6.45, 7) is 0.109. The summed E-state index contributed by atoms with van der Waals surface area (Å²) in [5.74, 6) is 0.0702. The first kappa shape index (κ1) is 11.6. The van der Waals surface area contributed by atoms with Gasteiger partial charge in [-0.1, -0.05) is 23.7 Å². The maximum absolute atomic E-state index is 9.40. The highest BCUT2D eigenvalue weighted by Crippen LogP contribution is 2.23. The molecule has 1 aromatic carbocycles. The summed E-state index contributed by atoms with van der Waals surface area (Å²) in [7, 11) is 0. The minimum atomic E-state index is 0.0702. The third kappa shape index (κ3) is 2.82. The molecule has 0 aliphatic heterocycles. The largest absolute Gasteiger partial charge is 0.396 e. The molecule has 1 atom stereocenters. The average Bonchev–Trinajstić information content (AvgIpc) is 2.78. The summed E-state index contributed by atoms with van der Waals surface area (Å²) in [5, 5.41) is 12.1. The molecule has 1 unspecified atom stereocenters. The number of aromatic nitrogens is 1. The highest BCUT2D eigenvalue weighted by Gasteiger charge is 2.12. The van der Waals surface area contributed by atoms with Gasteiger partial charge in [0.05, 0.1) is 17.8 Å². The van der Waals surface area contributed by atoms with Gasteiger partial charge in [-0.2, -0.15) is 0 Å². The first-order valence-electron chi connectivity index (χ1n) is 5.03. The Morgan fingerprint density at radius 3 is 2.94 bits per heavy atom. The fourth-order valence-electron chi connectivity index (χ4n) is 1.64. The molecule has 0 amide bonds. The molecule has 2 nitrogen and oxygen atoms in total. The average molecular weight is 254 g/mol. The van der Waals surface area contributed by atoms with Crippen molar-refractivity contribution in [3.05, 3.63) is 51.4 Å². The van der Waals surface area contributed by atoms with Crippen LogP contribution in [-0.4, -0.2) is 16.7 Å². The van der Waals surface area contributed by atoms with E-state index in [1.807, 2.05) is 35.2 Å². The van der Waals surface area contributed by atoms with Crippen molar-refractivity contribution < 1.29 is 5.11 Å². The fourth-order valence-corrected chi connectivity index (χ4v) is 2.41. The van der Waals surface area contributed by atoms with Gasteiger partial charge in [0.25, 0.3) is 0 Å². The lowest BCUT2D eigenvalue weighted by molar-refractivity contribution is 0.264. The van der Waals surface area contributed by atoms with Crippen LogP contribution in [0, 0.1) is 0 Å². The third-order valence-electron chi connectivity index (χ3n) is 2.48. The van der Waals surface area contributed by atoms with Crippen molar-refractivity contribution >= 4 is 22.9 Å². The Kier molecular flexibility index (Phi) is 3.93. The van der Waals surface area contributed by atoms with Crippen molar-refractivity contribution in [3.8, 4) is 0 Å². The van der Waals surface area contributed by atoms with Crippen LogP contribution in [0.5, 0.6) is 0 Å². The number of halogens is 1. The first-order valence-corrected chi connectivity index (χ1v) is 6.35. The van der Waals surface area contributed by atoms with Crippen LogP contribution in [0.1, 0.15) is 17.2 Å². The molecule has 1 N–H and O–H groups in total. The lowest BCUT2D eigenvalue weighted by Crippen LogP contribution is -2.07. The summed E-state index contributed by atoms with van der Waals surface area (Å²) in [6, 6.07) is 7.62. The van der Waals surface area contributed by atoms with Gasteiger partial charge in [-0.3, -0.25) is 0 Å². The van der Waals surface area contributed by atoms with Gasteiger partial charge in [-0.05, 0) is 24.1 Å². The summed E-state index contributed by atoms with van der Waals surface area (Å²) in [5.41, 5.74) is 3.88. The second kappa shape index (κ2) is 5.43. The van der Waals surface area contributed by atoms with Crippen LogP contribution in [0.3, 0.4) is 0 Å². The normalized spacial score (nSPS) is 12.6. The highest BCUT2D eigenvalue weighted by atomic mass is 35.5. The van der Waals surface area contributed by atoms with Crippen molar-refractivity contribution in [1.82, 2.24) is 4.98 Å². The Morgan fingerprint density at radius 1 is 1.44 bits per heavy atom. The van der Waals surface area contributed by atoms with Crippen LogP contribution in [0.15, 0.2) is 35.2 Å². The number of aliphatic hydroxyl groups is 1. The molecule has 0 radical (unpaired) electrons. The molecule has 0 aliphatic carbocycles. The second-order valence-corrected chi connectivity index (χ2v) is 4.77. The van der Waals surface area contributed by atoms with E-state index in [0.29, 0.717) is 5.02 Å². The number of hydrogen-bond donors (Lipinski definition) is 1. The molecule has 2 rings (SSSR count). The van der Waals surface area contributed by atoms with Crippen molar-refractivity contribution in [1.29, 1.82) is 0 Å². The first-order chi connectivity index (χ1) is 7.79. The van der Waals surface area contributed by atoms with Gasteiger partial charge in [0.1, 0.15) is 0 Å². The minimum Gasteiger partial charge on any atom is -0.396 e. The molecule has 0 bridgehead atoms. The molecule has 1 aromatic heterocycles. The van der Waals surface area contributed by atoms with Gasteiger partial charge in [0, 0.05) is 16.3 Å². The van der Waals surface area contributed by atoms with Crippen LogP contribution in [0.25, 0.3) is 0 Å². The number of aliphatic hydroxyl groups excluding tert-OH is 1. The summed E-state index contributed by atoms with van der Waals surface area (Å²) < 4.78 is 0. The lowest BCUT2D eigenvalue weighted by Gasteiger charge is -2.13. The molecular weight excluding hydrogens is 242 g/mol. The molecule has 16 heavy (non-hydrogen) atoms. The Morgan fingerprint density at radius 2 is 2.31 bits per heavy atom. The van der Waals surface area contributed by atoms with Gasteiger partial charge in [-0.15, -0.1) is 11.3 Å². The number of nitrogens with zero attached hydrogens (tertiary/aromatic N) is 1. The fraction of sp³-hybridized carbons (Fsp3) is 0.250. The molecular formula is C12H12ClNOS. The monoisotopic (exact) mass is 253 g/mol. The van der Waals surface area contributed by atoms with Crippen LogP contribution < -0.4 is 0 Å². The molecule has 84 valence electrons. The Bertz CT molecular complexity index is 444. The number of rotatable bonds is 4.